The minimum absolute atomic E-state index is 0.0245. The third-order valence-corrected chi connectivity index (χ3v) is 5.39. The molecular formula is C26H20F3N3O5. The van der Waals surface area contributed by atoms with Crippen molar-refractivity contribution in [3.05, 3.63) is 88.2 Å². The summed E-state index contributed by atoms with van der Waals surface area (Å²) in [6.07, 6.45) is -4.61. The molecule has 0 unspecified atom stereocenters. The predicted octanol–water partition coefficient (Wildman–Crippen LogP) is 4.83. The number of para-hydroxylation sites is 2. The Morgan fingerprint density at radius 2 is 1.84 bits per heavy atom. The molecule has 4 rings (SSSR count). The third kappa shape index (κ3) is 5.30. The van der Waals surface area contributed by atoms with Crippen LogP contribution < -0.4 is 15.0 Å². The molecule has 0 fully saturated rings. The van der Waals surface area contributed by atoms with Crippen molar-refractivity contribution in [3.8, 4) is 22.9 Å². The first kappa shape index (κ1) is 25.4. The first-order valence-corrected chi connectivity index (χ1v) is 10.9. The Kier molecular flexibility index (Phi) is 6.96. The monoisotopic (exact) mass is 511 g/mol. The van der Waals surface area contributed by atoms with E-state index in [1.807, 2.05) is 0 Å². The molecule has 0 radical (unpaired) electrons. The van der Waals surface area contributed by atoms with Gasteiger partial charge in [-0.3, -0.25) is 4.79 Å². The number of carbonyl (C=O) groups is 1. The summed E-state index contributed by atoms with van der Waals surface area (Å²) in [6.45, 7) is 1.33. The molecule has 0 spiro atoms. The first-order chi connectivity index (χ1) is 17.6. The molecule has 0 aliphatic carbocycles. The van der Waals surface area contributed by atoms with Gasteiger partial charge in [0.1, 0.15) is 0 Å². The number of carboxylic acids is 1. The quantitative estimate of drug-likeness (QED) is 0.357. The number of methoxy groups -OCH3 is 1. The summed E-state index contributed by atoms with van der Waals surface area (Å²) in [6, 6.07) is 15.5. The number of aliphatic carboxylic acids is 1. The van der Waals surface area contributed by atoms with E-state index in [-0.39, 0.29) is 39.4 Å². The standard InChI is InChI=1S/C26H20F3N3O5/c1-15(25(34)35)37-22-17(8-6-12-21(22)36-2)14-30-32-23(16-7-5-9-18(13-16)26(27,28)29)31-20-11-4-3-10-19(20)24(32)33/h3-15H,1-2H3,(H,34,35)/t15-/m1/s1. The van der Waals surface area contributed by atoms with Crippen LogP contribution in [0.3, 0.4) is 0 Å². The normalized spacial score (nSPS) is 12.6. The van der Waals surface area contributed by atoms with Gasteiger partial charge >= 0.3 is 12.1 Å². The molecular weight excluding hydrogens is 491 g/mol. The molecule has 0 aliphatic rings. The summed E-state index contributed by atoms with van der Waals surface area (Å²) < 4.78 is 51.8. The molecule has 8 nitrogen and oxygen atoms in total. The Morgan fingerprint density at radius 1 is 1.11 bits per heavy atom. The van der Waals surface area contributed by atoms with Gasteiger partial charge in [-0.2, -0.15) is 22.9 Å². The van der Waals surface area contributed by atoms with E-state index in [1.165, 1.54) is 38.4 Å². The fourth-order valence-corrected chi connectivity index (χ4v) is 3.52. The van der Waals surface area contributed by atoms with Crippen LogP contribution in [0.15, 0.2) is 76.6 Å². The molecule has 190 valence electrons. The van der Waals surface area contributed by atoms with Gasteiger partial charge in [-0.25, -0.2) is 9.78 Å². The summed E-state index contributed by atoms with van der Waals surface area (Å²) in [4.78, 5) is 29.1. The zero-order chi connectivity index (χ0) is 26.7. The molecule has 1 atom stereocenters. The average Bonchev–Trinajstić information content (AvgIpc) is 2.88. The van der Waals surface area contributed by atoms with Crippen LogP contribution in [0, 0.1) is 0 Å². The summed E-state index contributed by atoms with van der Waals surface area (Å²) in [7, 11) is 1.37. The van der Waals surface area contributed by atoms with Gasteiger partial charge in [0.15, 0.2) is 23.4 Å². The number of rotatable bonds is 7. The highest BCUT2D eigenvalue weighted by molar-refractivity contribution is 5.86. The SMILES string of the molecule is COc1cccc(C=Nn2c(-c3cccc(C(F)(F)F)c3)nc3ccccc3c2=O)c1O[C@H](C)C(=O)O. The van der Waals surface area contributed by atoms with Crippen molar-refractivity contribution in [2.24, 2.45) is 5.10 Å². The van der Waals surface area contributed by atoms with E-state index in [1.54, 1.807) is 36.4 Å². The number of nitrogens with zero attached hydrogens (tertiary/aromatic N) is 3. The lowest BCUT2D eigenvalue weighted by molar-refractivity contribution is -0.144. The lowest BCUT2D eigenvalue weighted by atomic mass is 10.1. The summed E-state index contributed by atoms with van der Waals surface area (Å²) in [5, 5.41) is 13.7. The summed E-state index contributed by atoms with van der Waals surface area (Å²) in [5.41, 5.74) is -0.946. The Labute approximate surface area is 208 Å². The molecule has 37 heavy (non-hydrogen) atoms. The molecule has 3 aromatic carbocycles. The lowest BCUT2D eigenvalue weighted by Gasteiger charge is -2.16. The molecule has 0 saturated carbocycles. The minimum Gasteiger partial charge on any atom is -0.493 e. The van der Waals surface area contributed by atoms with Crippen molar-refractivity contribution in [1.29, 1.82) is 0 Å². The summed E-state index contributed by atoms with van der Waals surface area (Å²) in [5.74, 6) is -1.05. The molecule has 0 aliphatic heterocycles. The third-order valence-electron chi connectivity index (χ3n) is 5.39. The van der Waals surface area contributed by atoms with Crippen molar-refractivity contribution in [2.45, 2.75) is 19.2 Å². The van der Waals surface area contributed by atoms with E-state index >= 15 is 0 Å². The van der Waals surface area contributed by atoms with E-state index in [2.05, 4.69) is 10.1 Å². The van der Waals surface area contributed by atoms with Crippen LogP contribution in [0.4, 0.5) is 13.2 Å². The zero-order valence-electron chi connectivity index (χ0n) is 19.6. The highest BCUT2D eigenvalue weighted by Gasteiger charge is 2.31. The van der Waals surface area contributed by atoms with Gasteiger partial charge in [-0.05, 0) is 43.3 Å². The first-order valence-electron chi connectivity index (χ1n) is 10.9. The van der Waals surface area contributed by atoms with E-state index in [0.29, 0.717) is 0 Å². The zero-order valence-corrected chi connectivity index (χ0v) is 19.6. The van der Waals surface area contributed by atoms with E-state index in [4.69, 9.17) is 9.47 Å². The highest BCUT2D eigenvalue weighted by Crippen LogP contribution is 2.33. The van der Waals surface area contributed by atoms with Crippen LogP contribution >= 0.6 is 0 Å². The number of aromatic nitrogens is 2. The van der Waals surface area contributed by atoms with E-state index in [9.17, 15) is 27.9 Å². The van der Waals surface area contributed by atoms with Crippen molar-refractivity contribution < 1.29 is 32.5 Å². The largest absolute Gasteiger partial charge is 0.493 e. The Morgan fingerprint density at radius 3 is 2.54 bits per heavy atom. The van der Waals surface area contributed by atoms with E-state index in [0.717, 1.165) is 16.8 Å². The van der Waals surface area contributed by atoms with Gasteiger partial charge in [0.2, 0.25) is 0 Å². The molecule has 4 aromatic rings. The van der Waals surface area contributed by atoms with Crippen LogP contribution in [-0.2, 0) is 11.0 Å². The van der Waals surface area contributed by atoms with Gasteiger partial charge in [0, 0.05) is 11.1 Å². The van der Waals surface area contributed by atoms with Crippen molar-refractivity contribution in [2.75, 3.05) is 7.11 Å². The highest BCUT2D eigenvalue weighted by atomic mass is 19.4. The Bertz CT molecular complexity index is 1560. The molecule has 1 aromatic heterocycles. The number of alkyl halides is 3. The molecule has 0 amide bonds. The van der Waals surface area contributed by atoms with Gasteiger partial charge in [-0.1, -0.05) is 30.3 Å². The predicted molar refractivity (Wildman–Crippen MR) is 130 cm³/mol. The summed E-state index contributed by atoms with van der Waals surface area (Å²) >= 11 is 0. The number of carboxylic acid groups (broad SMARTS) is 1. The number of ether oxygens (including phenoxy) is 2. The Hall–Kier alpha value is -4.67. The van der Waals surface area contributed by atoms with E-state index < -0.39 is 29.4 Å². The van der Waals surface area contributed by atoms with Crippen LogP contribution in [0.2, 0.25) is 0 Å². The number of hydrogen-bond acceptors (Lipinski definition) is 6. The van der Waals surface area contributed by atoms with Gasteiger partial charge in [0.25, 0.3) is 5.56 Å². The minimum atomic E-state index is -4.60. The topological polar surface area (TPSA) is 103 Å². The molecule has 11 heteroatoms. The molecule has 1 N–H and O–H groups in total. The second kappa shape index (κ2) is 10.1. The smallest absolute Gasteiger partial charge is 0.416 e. The second-order valence-corrected chi connectivity index (χ2v) is 7.87. The maximum absolute atomic E-state index is 13.4. The second-order valence-electron chi connectivity index (χ2n) is 7.87. The van der Waals surface area contributed by atoms with Gasteiger partial charge < -0.3 is 14.6 Å². The van der Waals surface area contributed by atoms with Crippen LogP contribution in [-0.4, -0.2) is 40.2 Å². The van der Waals surface area contributed by atoms with Crippen molar-refractivity contribution in [1.82, 2.24) is 9.66 Å². The number of benzene rings is 3. The van der Waals surface area contributed by atoms with Gasteiger partial charge in [-0.15, -0.1) is 0 Å². The van der Waals surface area contributed by atoms with Crippen LogP contribution in [0.5, 0.6) is 11.5 Å². The van der Waals surface area contributed by atoms with Crippen LogP contribution in [0.1, 0.15) is 18.1 Å². The number of halogens is 3. The molecule has 0 saturated heterocycles. The van der Waals surface area contributed by atoms with Gasteiger partial charge in [0.05, 0.1) is 29.8 Å². The maximum Gasteiger partial charge on any atom is 0.416 e. The maximum atomic E-state index is 13.4. The number of fused-ring (bicyclic) bond motifs is 1. The number of hydrogen-bond donors (Lipinski definition) is 1. The lowest BCUT2D eigenvalue weighted by Crippen LogP contribution is -2.24. The molecule has 0 bridgehead atoms. The fourth-order valence-electron chi connectivity index (χ4n) is 3.52. The van der Waals surface area contributed by atoms with Crippen molar-refractivity contribution in [3.63, 3.8) is 0 Å². The fraction of sp³-hybridized carbons (Fsp3) is 0.154. The average molecular weight is 511 g/mol. The van der Waals surface area contributed by atoms with Crippen LogP contribution in [0.25, 0.3) is 22.3 Å². The Balaban J connectivity index is 1.91. The van der Waals surface area contributed by atoms with Crippen molar-refractivity contribution >= 4 is 23.1 Å². The molecule has 1 heterocycles.